The van der Waals surface area contributed by atoms with E-state index < -0.39 is 0 Å². The van der Waals surface area contributed by atoms with Crippen LogP contribution in [0.3, 0.4) is 0 Å². The molecule has 0 saturated carbocycles. The molecular weight excluding hydrogens is 148 g/mol. The van der Waals surface area contributed by atoms with Gasteiger partial charge >= 0.3 is 0 Å². The van der Waals surface area contributed by atoms with Gasteiger partial charge in [0, 0.05) is 11.8 Å². The molecule has 0 aliphatic heterocycles. The third-order valence-electron chi connectivity index (χ3n) is 1.17. The van der Waals surface area contributed by atoms with Crippen LogP contribution in [0.1, 0.15) is 26.2 Å². The molecule has 10 heavy (non-hydrogen) atoms. The molecule has 1 atom stereocenters. The second-order valence-electron chi connectivity index (χ2n) is 2.50. The fraction of sp³-hybridized carbons (Fsp3) is 0.625. The van der Waals surface area contributed by atoms with Crippen molar-refractivity contribution in [3.05, 3.63) is 12.2 Å². The maximum absolute atomic E-state index is 9.91. The van der Waals surface area contributed by atoms with Crippen LogP contribution in [0.2, 0.25) is 0 Å². The molecule has 0 aromatic carbocycles. The molecule has 0 heterocycles. The topological polar surface area (TPSA) is 17.1 Å². The smallest absolute Gasteiger partial charge is 0.120 e. The zero-order valence-electron chi connectivity index (χ0n) is 6.27. The van der Waals surface area contributed by atoms with Crippen molar-refractivity contribution in [3.63, 3.8) is 0 Å². The van der Waals surface area contributed by atoms with Crippen LogP contribution in [0.5, 0.6) is 0 Å². The lowest BCUT2D eigenvalue weighted by Crippen LogP contribution is -1.98. The van der Waals surface area contributed by atoms with E-state index in [1.54, 1.807) is 0 Å². The van der Waals surface area contributed by atoms with Crippen LogP contribution in [0.25, 0.3) is 0 Å². The van der Waals surface area contributed by atoms with Gasteiger partial charge in [-0.2, -0.15) is 0 Å². The first kappa shape index (κ1) is 9.70. The van der Waals surface area contributed by atoms with Gasteiger partial charge in [0.2, 0.25) is 0 Å². The maximum Gasteiger partial charge on any atom is 0.120 e. The van der Waals surface area contributed by atoms with Crippen molar-refractivity contribution in [2.24, 2.45) is 0 Å². The summed E-state index contributed by atoms with van der Waals surface area (Å²) < 4.78 is 0. The Labute approximate surface area is 67.1 Å². The molecule has 0 bridgehead atoms. The van der Waals surface area contributed by atoms with Crippen LogP contribution in [0.15, 0.2) is 12.2 Å². The second kappa shape index (κ2) is 5.48. The summed E-state index contributed by atoms with van der Waals surface area (Å²) in [6.07, 6.45) is 3.03. The zero-order valence-corrected chi connectivity index (χ0v) is 7.03. The molecular formula is C8H13ClO. The first-order chi connectivity index (χ1) is 4.66. The summed E-state index contributed by atoms with van der Waals surface area (Å²) in [4.78, 5) is 9.91. The van der Waals surface area contributed by atoms with Gasteiger partial charge in [-0.15, -0.1) is 18.2 Å². The number of aldehydes is 1. The van der Waals surface area contributed by atoms with E-state index in [2.05, 4.69) is 6.58 Å². The van der Waals surface area contributed by atoms with Crippen molar-refractivity contribution in [3.8, 4) is 0 Å². The number of carbonyl (C=O) groups excluding carboxylic acids is 1. The first-order valence-corrected chi connectivity index (χ1v) is 3.82. The van der Waals surface area contributed by atoms with Crippen LogP contribution in [-0.2, 0) is 4.79 Å². The lowest BCUT2D eigenvalue weighted by atomic mass is 10.1. The number of hydrogen-bond acceptors (Lipinski definition) is 1. The summed E-state index contributed by atoms with van der Waals surface area (Å²) in [5, 5.41) is 0.0858. The summed E-state index contributed by atoms with van der Waals surface area (Å²) in [6, 6.07) is 0. The summed E-state index contributed by atoms with van der Waals surface area (Å²) in [6.45, 7) is 5.67. The van der Waals surface area contributed by atoms with E-state index >= 15 is 0 Å². The van der Waals surface area contributed by atoms with Gasteiger partial charge in [-0.05, 0) is 19.8 Å². The molecule has 0 radical (unpaired) electrons. The number of hydrogen-bond donors (Lipinski definition) is 0. The highest BCUT2D eigenvalue weighted by Crippen LogP contribution is 2.13. The lowest BCUT2D eigenvalue weighted by molar-refractivity contribution is -0.107. The fourth-order valence-electron chi connectivity index (χ4n) is 0.729. The zero-order chi connectivity index (χ0) is 7.98. The molecule has 0 unspecified atom stereocenters. The minimum absolute atomic E-state index is 0.0858. The average Bonchev–Trinajstić information content (AvgIpc) is 1.82. The van der Waals surface area contributed by atoms with Crippen LogP contribution in [-0.4, -0.2) is 11.7 Å². The van der Waals surface area contributed by atoms with Gasteiger partial charge in [0.15, 0.2) is 0 Å². The summed E-state index contributed by atoms with van der Waals surface area (Å²) in [7, 11) is 0. The highest BCUT2D eigenvalue weighted by molar-refractivity contribution is 6.20. The van der Waals surface area contributed by atoms with E-state index in [-0.39, 0.29) is 5.38 Å². The Bertz CT molecular complexity index is 120. The molecule has 0 aliphatic carbocycles. The van der Waals surface area contributed by atoms with Crippen LogP contribution < -0.4 is 0 Å². The van der Waals surface area contributed by atoms with Crippen molar-refractivity contribution in [2.45, 2.75) is 31.6 Å². The minimum Gasteiger partial charge on any atom is -0.303 e. The normalized spacial score (nSPS) is 12.6. The van der Waals surface area contributed by atoms with Crippen LogP contribution >= 0.6 is 11.6 Å². The van der Waals surface area contributed by atoms with E-state index in [4.69, 9.17) is 11.6 Å². The lowest BCUT2D eigenvalue weighted by Gasteiger charge is -2.05. The molecule has 1 nitrogen and oxygen atoms in total. The summed E-state index contributed by atoms with van der Waals surface area (Å²) in [5.41, 5.74) is 1.07. The van der Waals surface area contributed by atoms with Gasteiger partial charge in [0.05, 0.1) is 0 Å². The van der Waals surface area contributed by atoms with E-state index in [9.17, 15) is 4.79 Å². The second-order valence-corrected chi connectivity index (χ2v) is 3.12. The third kappa shape index (κ3) is 5.83. The Morgan fingerprint density at radius 3 is 2.80 bits per heavy atom. The van der Waals surface area contributed by atoms with Gasteiger partial charge < -0.3 is 4.79 Å². The van der Waals surface area contributed by atoms with Crippen molar-refractivity contribution < 1.29 is 4.79 Å². The molecule has 0 saturated heterocycles. The van der Waals surface area contributed by atoms with E-state index in [1.165, 1.54) is 0 Å². The molecule has 0 fully saturated rings. The number of allylic oxidation sites excluding steroid dienone is 1. The predicted molar refractivity (Wildman–Crippen MR) is 44.4 cm³/mol. The van der Waals surface area contributed by atoms with E-state index in [1.807, 2.05) is 6.92 Å². The van der Waals surface area contributed by atoms with Gasteiger partial charge in [-0.3, -0.25) is 0 Å². The van der Waals surface area contributed by atoms with E-state index in [0.29, 0.717) is 6.42 Å². The quantitative estimate of drug-likeness (QED) is 0.343. The summed E-state index contributed by atoms with van der Waals surface area (Å²) >= 11 is 5.83. The van der Waals surface area contributed by atoms with Gasteiger partial charge in [0.25, 0.3) is 0 Å². The Hall–Kier alpha value is -0.300. The number of alkyl halides is 1. The van der Waals surface area contributed by atoms with Gasteiger partial charge in [-0.25, -0.2) is 0 Å². The number of carbonyl (C=O) groups is 1. The predicted octanol–water partition coefficient (Wildman–Crippen LogP) is 2.54. The molecule has 0 amide bonds. The Morgan fingerprint density at radius 1 is 1.80 bits per heavy atom. The maximum atomic E-state index is 9.91. The van der Waals surface area contributed by atoms with Crippen molar-refractivity contribution in [2.75, 3.05) is 0 Å². The van der Waals surface area contributed by atoms with Gasteiger partial charge in [0.1, 0.15) is 6.29 Å². The number of halogens is 1. The molecule has 0 aliphatic rings. The average molecular weight is 161 g/mol. The SMILES string of the molecule is C=C(C)C[C@H](Cl)CCC=O. The fourth-order valence-corrected chi connectivity index (χ4v) is 1.12. The highest BCUT2D eigenvalue weighted by atomic mass is 35.5. The molecule has 0 rings (SSSR count). The van der Waals surface area contributed by atoms with Crippen LogP contribution in [0.4, 0.5) is 0 Å². The molecule has 58 valence electrons. The summed E-state index contributed by atoms with van der Waals surface area (Å²) in [5.74, 6) is 0. The Kier molecular flexibility index (Phi) is 5.32. The number of rotatable bonds is 5. The molecule has 0 N–H and O–H groups in total. The van der Waals surface area contributed by atoms with Crippen molar-refractivity contribution >= 4 is 17.9 Å². The van der Waals surface area contributed by atoms with E-state index in [0.717, 1.165) is 24.7 Å². The monoisotopic (exact) mass is 160 g/mol. The molecule has 2 heteroatoms. The Balaban J connectivity index is 3.33. The first-order valence-electron chi connectivity index (χ1n) is 3.39. The van der Waals surface area contributed by atoms with Crippen molar-refractivity contribution in [1.82, 2.24) is 0 Å². The Morgan fingerprint density at radius 2 is 2.40 bits per heavy atom. The standard InChI is InChI=1S/C8H13ClO/c1-7(2)6-8(9)4-3-5-10/h5,8H,1,3-4,6H2,2H3/t8-/m1/s1. The van der Waals surface area contributed by atoms with Crippen molar-refractivity contribution in [1.29, 1.82) is 0 Å². The van der Waals surface area contributed by atoms with Crippen LogP contribution in [0, 0.1) is 0 Å². The molecule has 0 aromatic heterocycles. The molecule has 0 spiro atoms. The highest BCUT2D eigenvalue weighted by Gasteiger charge is 2.02. The molecule has 0 aromatic rings. The largest absolute Gasteiger partial charge is 0.303 e. The van der Waals surface area contributed by atoms with Gasteiger partial charge in [-0.1, -0.05) is 5.57 Å². The minimum atomic E-state index is 0.0858. The third-order valence-corrected chi connectivity index (χ3v) is 1.54.